The highest BCUT2D eigenvalue weighted by Crippen LogP contribution is 2.35. The summed E-state index contributed by atoms with van der Waals surface area (Å²) in [5.41, 5.74) is 3.38. The number of hydroxylamine groups is 1. The van der Waals surface area contributed by atoms with Gasteiger partial charge in [-0.1, -0.05) is 13.3 Å². The summed E-state index contributed by atoms with van der Waals surface area (Å²) >= 11 is 1.57. The van der Waals surface area contributed by atoms with Gasteiger partial charge in [0.2, 0.25) is 0 Å². The zero-order valence-electron chi connectivity index (χ0n) is 14.0. The normalized spacial score (nSPS) is 13.4. The molecule has 0 spiro atoms. The molecule has 0 aliphatic carbocycles. The molecule has 1 aliphatic rings. The van der Waals surface area contributed by atoms with Crippen LogP contribution in [0.3, 0.4) is 0 Å². The predicted molar refractivity (Wildman–Crippen MR) is 93.2 cm³/mol. The zero-order chi connectivity index (χ0) is 18.0. The van der Waals surface area contributed by atoms with Crippen LogP contribution in [0.2, 0.25) is 0 Å². The molecular formula is C17H19N3O4S. The molecule has 0 atom stereocenters. The monoisotopic (exact) mass is 361 g/mol. The summed E-state index contributed by atoms with van der Waals surface area (Å²) in [5, 5.41) is 9.79. The lowest BCUT2D eigenvalue weighted by Crippen LogP contribution is -2.38. The average Bonchev–Trinajstić information content (AvgIpc) is 2.96. The number of carbonyl (C=O) groups is 2. The Morgan fingerprint density at radius 3 is 3.00 bits per heavy atom. The Bertz CT molecular complexity index is 818. The first-order chi connectivity index (χ1) is 12.0. The lowest BCUT2D eigenvalue weighted by atomic mass is 10.1. The number of carbonyl (C=O) groups excluding carboxylic acids is 2. The highest BCUT2D eigenvalue weighted by atomic mass is 32.1. The Labute approximate surface area is 149 Å². The van der Waals surface area contributed by atoms with Gasteiger partial charge in [-0.15, -0.1) is 11.3 Å². The van der Waals surface area contributed by atoms with Crippen molar-refractivity contribution in [1.29, 1.82) is 0 Å². The third-order valence-electron chi connectivity index (χ3n) is 3.94. The van der Waals surface area contributed by atoms with Crippen molar-refractivity contribution in [2.75, 3.05) is 11.5 Å². The predicted octanol–water partition coefficient (Wildman–Crippen LogP) is 2.45. The van der Waals surface area contributed by atoms with Gasteiger partial charge in [-0.25, -0.2) is 10.5 Å². The summed E-state index contributed by atoms with van der Waals surface area (Å²) in [6.07, 6.45) is 1.84. The van der Waals surface area contributed by atoms with E-state index in [9.17, 15) is 9.59 Å². The van der Waals surface area contributed by atoms with Crippen LogP contribution in [-0.2, 0) is 17.8 Å². The lowest BCUT2D eigenvalue weighted by molar-refractivity contribution is -0.121. The number of rotatable bonds is 5. The van der Waals surface area contributed by atoms with Crippen LogP contribution in [0.1, 0.15) is 39.3 Å². The van der Waals surface area contributed by atoms with Crippen LogP contribution in [0.15, 0.2) is 18.2 Å². The molecule has 2 aromatic rings. The molecule has 2 amide bonds. The number of fused-ring (bicyclic) bond motifs is 1. The summed E-state index contributed by atoms with van der Waals surface area (Å²) in [6.45, 7) is 4.39. The maximum Gasteiger partial charge on any atom is 0.274 e. The summed E-state index contributed by atoms with van der Waals surface area (Å²) in [5.74, 6) is -0.281. The third-order valence-corrected chi connectivity index (χ3v) is 4.94. The molecule has 0 fully saturated rings. The van der Waals surface area contributed by atoms with Crippen molar-refractivity contribution in [1.82, 2.24) is 10.5 Å². The number of ether oxygens (including phenoxy) is 1. The van der Waals surface area contributed by atoms with Gasteiger partial charge in [0.15, 0.2) is 6.61 Å². The standard InChI is InChI=1S/C17H19N3O4S/c1-3-4-12-15(25-10(2)18-12)8-20-13-7-11(17(22)19-23)5-6-14(13)24-9-16(20)21/h5-7,23H,3-4,8-9H2,1-2H3,(H,19,22). The number of nitrogens with zero attached hydrogens (tertiary/aromatic N) is 2. The van der Waals surface area contributed by atoms with Crippen LogP contribution in [0.5, 0.6) is 5.75 Å². The maximum atomic E-state index is 12.4. The number of aryl methyl sites for hydroxylation is 2. The van der Waals surface area contributed by atoms with E-state index in [1.54, 1.807) is 33.8 Å². The Morgan fingerprint density at radius 1 is 1.48 bits per heavy atom. The fourth-order valence-electron chi connectivity index (χ4n) is 2.79. The van der Waals surface area contributed by atoms with E-state index in [2.05, 4.69) is 11.9 Å². The average molecular weight is 361 g/mol. The number of benzene rings is 1. The van der Waals surface area contributed by atoms with Crippen molar-refractivity contribution in [3.05, 3.63) is 39.3 Å². The van der Waals surface area contributed by atoms with E-state index >= 15 is 0 Å². The summed E-state index contributed by atoms with van der Waals surface area (Å²) in [7, 11) is 0. The second kappa shape index (κ2) is 7.20. The lowest BCUT2D eigenvalue weighted by Gasteiger charge is -2.29. The SMILES string of the molecule is CCCc1nc(C)sc1CN1C(=O)COc2ccc(C(=O)NO)cc21. The van der Waals surface area contributed by atoms with Crippen LogP contribution < -0.4 is 15.1 Å². The molecule has 0 saturated carbocycles. The first kappa shape index (κ1) is 17.4. The Balaban J connectivity index is 1.97. The molecule has 0 bridgehead atoms. The van der Waals surface area contributed by atoms with Crippen molar-refractivity contribution in [2.24, 2.45) is 0 Å². The first-order valence-corrected chi connectivity index (χ1v) is 8.82. The number of hydrogen-bond acceptors (Lipinski definition) is 6. The number of hydrogen-bond donors (Lipinski definition) is 2. The molecule has 0 radical (unpaired) electrons. The van der Waals surface area contributed by atoms with Gasteiger partial charge in [0.25, 0.3) is 11.8 Å². The van der Waals surface area contributed by atoms with E-state index in [0.29, 0.717) is 18.0 Å². The molecule has 1 aromatic heterocycles. The molecule has 0 saturated heterocycles. The van der Waals surface area contributed by atoms with Gasteiger partial charge in [-0.3, -0.25) is 14.8 Å². The van der Waals surface area contributed by atoms with E-state index < -0.39 is 5.91 Å². The molecule has 7 nitrogen and oxygen atoms in total. The molecule has 2 N–H and O–H groups in total. The van der Waals surface area contributed by atoms with E-state index in [-0.39, 0.29) is 18.1 Å². The zero-order valence-corrected chi connectivity index (χ0v) is 14.9. The minimum absolute atomic E-state index is 0.0422. The Kier molecular flexibility index (Phi) is 5.00. The van der Waals surface area contributed by atoms with Gasteiger partial charge >= 0.3 is 0 Å². The van der Waals surface area contributed by atoms with Crippen LogP contribution in [0.4, 0.5) is 5.69 Å². The van der Waals surface area contributed by atoms with Gasteiger partial charge in [0.05, 0.1) is 22.9 Å². The maximum absolute atomic E-state index is 12.4. The van der Waals surface area contributed by atoms with Gasteiger partial charge in [-0.2, -0.15) is 0 Å². The topological polar surface area (TPSA) is 91.8 Å². The van der Waals surface area contributed by atoms with Gasteiger partial charge in [0.1, 0.15) is 5.75 Å². The largest absolute Gasteiger partial charge is 0.482 e. The first-order valence-electron chi connectivity index (χ1n) is 8.00. The van der Waals surface area contributed by atoms with E-state index in [4.69, 9.17) is 9.94 Å². The molecule has 8 heteroatoms. The van der Waals surface area contributed by atoms with Crippen LogP contribution in [0, 0.1) is 6.92 Å². The van der Waals surface area contributed by atoms with Crippen molar-refractivity contribution >= 4 is 28.8 Å². The summed E-state index contributed by atoms with van der Waals surface area (Å²) in [4.78, 5) is 31.3. The Hall–Kier alpha value is -2.45. The van der Waals surface area contributed by atoms with Gasteiger partial charge in [-0.05, 0) is 31.5 Å². The van der Waals surface area contributed by atoms with Crippen LogP contribution in [-0.4, -0.2) is 28.6 Å². The number of thiazole rings is 1. The minimum atomic E-state index is -0.638. The van der Waals surface area contributed by atoms with Crippen molar-refractivity contribution in [3.63, 3.8) is 0 Å². The molecule has 1 aliphatic heterocycles. The van der Waals surface area contributed by atoms with Crippen LogP contribution >= 0.6 is 11.3 Å². The molecule has 25 heavy (non-hydrogen) atoms. The Morgan fingerprint density at radius 2 is 2.28 bits per heavy atom. The second-order valence-corrected chi connectivity index (χ2v) is 7.03. The number of anilines is 1. The van der Waals surface area contributed by atoms with E-state index in [0.717, 1.165) is 28.4 Å². The van der Waals surface area contributed by atoms with E-state index in [1.807, 2.05) is 6.92 Å². The van der Waals surface area contributed by atoms with Crippen molar-refractivity contribution in [2.45, 2.75) is 33.2 Å². The van der Waals surface area contributed by atoms with Crippen molar-refractivity contribution in [3.8, 4) is 5.75 Å². The fourth-order valence-corrected chi connectivity index (χ4v) is 3.76. The molecule has 3 rings (SSSR count). The summed E-state index contributed by atoms with van der Waals surface area (Å²) < 4.78 is 5.46. The highest BCUT2D eigenvalue weighted by molar-refractivity contribution is 7.11. The molecular weight excluding hydrogens is 342 g/mol. The smallest absolute Gasteiger partial charge is 0.274 e. The van der Waals surface area contributed by atoms with Gasteiger partial charge < -0.3 is 9.64 Å². The molecule has 132 valence electrons. The fraction of sp³-hybridized carbons (Fsp3) is 0.353. The highest BCUT2D eigenvalue weighted by Gasteiger charge is 2.28. The number of nitrogens with one attached hydrogen (secondary N) is 1. The third kappa shape index (κ3) is 3.49. The van der Waals surface area contributed by atoms with E-state index in [1.165, 1.54) is 6.07 Å². The quantitative estimate of drug-likeness (QED) is 0.630. The summed E-state index contributed by atoms with van der Waals surface area (Å²) in [6, 6.07) is 4.72. The molecule has 1 aromatic carbocycles. The van der Waals surface area contributed by atoms with Gasteiger partial charge in [0, 0.05) is 10.4 Å². The van der Waals surface area contributed by atoms with Crippen LogP contribution in [0.25, 0.3) is 0 Å². The second-order valence-electron chi connectivity index (χ2n) is 5.74. The minimum Gasteiger partial charge on any atom is -0.482 e. The number of amides is 2. The number of aromatic nitrogens is 1. The molecule has 0 unspecified atom stereocenters. The molecule has 2 heterocycles. The van der Waals surface area contributed by atoms with Crippen molar-refractivity contribution < 1.29 is 19.5 Å².